The maximum atomic E-state index is 13.7. The number of pyridine rings is 1. The van der Waals surface area contributed by atoms with Crippen molar-refractivity contribution in [1.82, 2.24) is 19.7 Å². The molecule has 6 nitrogen and oxygen atoms in total. The molecule has 2 aromatic rings. The Bertz CT molecular complexity index is 1170. The number of likely N-dealkylation sites (tertiary alicyclic amines) is 1. The summed E-state index contributed by atoms with van der Waals surface area (Å²) < 4.78 is 68.2. The van der Waals surface area contributed by atoms with Gasteiger partial charge in [-0.1, -0.05) is 12.1 Å². The molecule has 212 valence electrons. The third kappa shape index (κ3) is 7.25. The lowest BCUT2D eigenvalue weighted by Crippen LogP contribution is -2.41. The Hall–Kier alpha value is -2.79. The molecule has 1 N–H and O–H groups in total. The number of rotatable bonds is 10. The van der Waals surface area contributed by atoms with E-state index in [0.29, 0.717) is 0 Å². The molecule has 1 saturated carbocycles. The molecule has 0 spiro atoms. The molecule has 0 atom stereocenters. The molecule has 0 bridgehead atoms. The summed E-state index contributed by atoms with van der Waals surface area (Å²) >= 11 is 0. The molecule has 2 fully saturated rings. The van der Waals surface area contributed by atoms with Crippen LogP contribution in [0.5, 0.6) is 0 Å². The fourth-order valence-electron chi connectivity index (χ4n) is 5.46. The lowest BCUT2D eigenvalue weighted by molar-refractivity contribution is -0.140. The molecule has 1 saturated heterocycles. The number of amides is 1. The molecular weight excluding hydrogens is 517 g/mol. The minimum absolute atomic E-state index is 0.0204. The number of anilines is 1. The first-order valence-corrected chi connectivity index (χ1v) is 13.5. The topological polar surface area (TPSA) is 51.7 Å². The number of aromatic nitrogens is 1. The second kappa shape index (κ2) is 11.4. The van der Waals surface area contributed by atoms with Gasteiger partial charge in [-0.15, -0.1) is 0 Å². The molecule has 39 heavy (non-hydrogen) atoms. The number of halogens is 5. The number of nitrogens with zero attached hydrogens (tertiary/aromatic N) is 4. The number of carbonyl (C=O) groups excluding carboxylic acids is 1. The van der Waals surface area contributed by atoms with Gasteiger partial charge in [0.2, 0.25) is 5.91 Å². The van der Waals surface area contributed by atoms with E-state index in [1.54, 1.807) is 4.90 Å². The lowest BCUT2D eigenvalue weighted by Gasteiger charge is -2.31. The van der Waals surface area contributed by atoms with Crippen LogP contribution < -0.4 is 5.32 Å². The zero-order valence-electron chi connectivity index (χ0n) is 21.8. The van der Waals surface area contributed by atoms with Crippen molar-refractivity contribution in [1.29, 1.82) is 0 Å². The van der Waals surface area contributed by atoms with E-state index >= 15 is 0 Å². The molecule has 1 aliphatic carbocycles. The summed E-state index contributed by atoms with van der Waals surface area (Å²) in [6.07, 6.45) is -0.154. The maximum absolute atomic E-state index is 13.7. The van der Waals surface area contributed by atoms with Crippen molar-refractivity contribution >= 4 is 11.6 Å². The van der Waals surface area contributed by atoms with Crippen molar-refractivity contribution in [3.8, 4) is 0 Å². The van der Waals surface area contributed by atoms with Crippen LogP contribution in [0.15, 0.2) is 36.5 Å². The van der Waals surface area contributed by atoms with Gasteiger partial charge in [0.1, 0.15) is 0 Å². The highest BCUT2D eigenvalue weighted by Crippen LogP contribution is 2.34. The van der Waals surface area contributed by atoms with E-state index in [-0.39, 0.29) is 44.8 Å². The van der Waals surface area contributed by atoms with Crippen molar-refractivity contribution in [3.63, 3.8) is 0 Å². The van der Waals surface area contributed by atoms with E-state index in [2.05, 4.69) is 21.3 Å². The van der Waals surface area contributed by atoms with E-state index in [1.807, 2.05) is 12.1 Å². The van der Waals surface area contributed by atoms with Crippen molar-refractivity contribution in [2.75, 3.05) is 51.1 Å². The number of carbonyl (C=O) groups is 1. The summed E-state index contributed by atoms with van der Waals surface area (Å²) in [5.41, 5.74) is 2.05. The van der Waals surface area contributed by atoms with Crippen molar-refractivity contribution in [2.45, 2.75) is 50.9 Å². The average molecular weight is 552 g/mol. The average Bonchev–Trinajstić information content (AvgIpc) is 3.64. The van der Waals surface area contributed by atoms with E-state index in [1.165, 1.54) is 35.6 Å². The van der Waals surface area contributed by atoms with Crippen LogP contribution in [-0.4, -0.2) is 77.3 Å². The molecule has 3 heterocycles. The van der Waals surface area contributed by atoms with Crippen molar-refractivity contribution < 1.29 is 26.7 Å². The first-order chi connectivity index (χ1) is 18.6. The first kappa shape index (κ1) is 27.8. The Morgan fingerprint density at radius 1 is 1.13 bits per heavy atom. The molecule has 1 aromatic carbocycles. The van der Waals surface area contributed by atoms with Gasteiger partial charge >= 0.3 is 6.18 Å². The molecule has 1 aromatic heterocycles. The number of benzene rings is 1. The quantitative estimate of drug-likeness (QED) is 0.436. The normalized spacial score (nSPS) is 19.6. The van der Waals surface area contributed by atoms with Gasteiger partial charge in [-0.2, -0.15) is 13.2 Å². The van der Waals surface area contributed by atoms with Crippen molar-refractivity contribution in [3.05, 3.63) is 58.9 Å². The second-order valence-corrected chi connectivity index (χ2v) is 10.9. The van der Waals surface area contributed by atoms with Gasteiger partial charge < -0.3 is 10.2 Å². The highest BCUT2D eigenvalue weighted by atomic mass is 19.4. The zero-order valence-corrected chi connectivity index (χ0v) is 21.8. The highest BCUT2D eigenvalue weighted by Gasteiger charge is 2.38. The van der Waals surface area contributed by atoms with Crippen molar-refractivity contribution in [2.24, 2.45) is 5.92 Å². The molecule has 0 unspecified atom stereocenters. The summed E-state index contributed by atoms with van der Waals surface area (Å²) in [6, 6.07) is 8.10. The smallest absolute Gasteiger partial charge is 0.376 e. The Morgan fingerprint density at radius 3 is 2.67 bits per heavy atom. The second-order valence-electron chi connectivity index (χ2n) is 10.9. The van der Waals surface area contributed by atoms with Crippen LogP contribution in [0.4, 0.5) is 27.6 Å². The standard InChI is InChI=1S/C28H34F5N5O/c29-27(30)9-12-36(19-27)13-14-38(18-25-23(28(31,32)33)4-2-10-34-25)26(39)15-35-24-5-1-3-21-8-11-37(17-22(21)24)16-20-6-7-20/h1-5,10,20,35H,6-9,11-19H2. The monoisotopic (exact) mass is 551 g/mol. The first-order valence-electron chi connectivity index (χ1n) is 13.5. The fourth-order valence-corrected chi connectivity index (χ4v) is 5.46. The summed E-state index contributed by atoms with van der Waals surface area (Å²) in [4.78, 5) is 22.6. The van der Waals surface area contributed by atoms with Crippen LogP contribution in [-0.2, 0) is 30.5 Å². The van der Waals surface area contributed by atoms with Gasteiger partial charge in [-0.25, -0.2) is 8.78 Å². The number of hydrogen-bond donors (Lipinski definition) is 1. The number of alkyl halides is 5. The van der Waals surface area contributed by atoms with Gasteiger partial charge in [0.05, 0.1) is 30.9 Å². The largest absolute Gasteiger partial charge is 0.418 e. The lowest BCUT2D eigenvalue weighted by atomic mass is 9.97. The highest BCUT2D eigenvalue weighted by molar-refractivity contribution is 5.81. The summed E-state index contributed by atoms with van der Waals surface area (Å²) in [7, 11) is 0. The van der Waals surface area contributed by atoms with Crippen LogP contribution in [0.3, 0.4) is 0 Å². The zero-order chi connectivity index (χ0) is 27.6. The molecule has 5 rings (SSSR count). The predicted molar refractivity (Wildman–Crippen MR) is 137 cm³/mol. The predicted octanol–water partition coefficient (Wildman–Crippen LogP) is 4.65. The number of hydrogen-bond acceptors (Lipinski definition) is 5. The van der Waals surface area contributed by atoms with E-state index in [9.17, 15) is 26.7 Å². The Labute approximate surface area is 225 Å². The third-order valence-corrected chi connectivity index (χ3v) is 7.82. The van der Waals surface area contributed by atoms with Crippen LogP contribution in [0.2, 0.25) is 0 Å². The molecule has 3 aliphatic rings. The summed E-state index contributed by atoms with van der Waals surface area (Å²) in [6.45, 7) is 2.31. The van der Waals surface area contributed by atoms with Gasteiger partial charge in [-0.3, -0.25) is 19.6 Å². The van der Waals surface area contributed by atoms with Crippen LogP contribution >= 0.6 is 0 Å². The molecular formula is C28H34F5N5O. The fraction of sp³-hybridized carbons (Fsp3) is 0.571. The Kier molecular flexibility index (Phi) is 8.09. The van der Waals surface area contributed by atoms with E-state index in [0.717, 1.165) is 49.3 Å². The number of fused-ring (bicyclic) bond motifs is 1. The van der Waals surface area contributed by atoms with E-state index < -0.39 is 30.1 Å². The minimum Gasteiger partial charge on any atom is -0.376 e. The minimum atomic E-state index is -4.62. The maximum Gasteiger partial charge on any atom is 0.418 e. The summed E-state index contributed by atoms with van der Waals surface area (Å²) in [5.74, 6) is -2.44. The third-order valence-electron chi connectivity index (χ3n) is 7.82. The van der Waals surface area contributed by atoms with E-state index in [4.69, 9.17) is 0 Å². The molecule has 0 radical (unpaired) electrons. The Morgan fingerprint density at radius 2 is 1.95 bits per heavy atom. The van der Waals surface area contributed by atoms with Gasteiger partial charge in [0.15, 0.2) is 0 Å². The SMILES string of the molecule is O=C(CNc1cccc2c1CN(CC1CC1)CC2)N(CCN1CCC(F)(F)C1)Cc1ncccc1C(F)(F)F. The van der Waals surface area contributed by atoms with Gasteiger partial charge in [0, 0.05) is 57.6 Å². The van der Waals surface area contributed by atoms with Crippen LogP contribution in [0.25, 0.3) is 0 Å². The Balaban J connectivity index is 1.28. The summed E-state index contributed by atoms with van der Waals surface area (Å²) in [5, 5.41) is 3.22. The molecule has 2 aliphatic heterocycles. The van der Waals surface area contributed by atoms with Gasteiger partial charge in [-0.05, 0) is 54.5 Å². The van der Waals surface area contributed by atoms with Crippen LogP contribution in [0, 0.1) is 5.92 Å². The molecule has 11 heteroatoms. The molecule has 1 amide bonds. The van der Waals surface area contributed by atoms with Crippen LogP contribution in [0.1, 0.15) is 41.6 Å². The van der Waals surface area contributed by atoms with Gasteiger partial charge in [0.25, 0.3) is 5.92 Å². The number of nitrogens with one attached hydrogen (secondary N) is 1.